The van der Waals surface area contributed by atoms with Crippen molar-refractivity contribution in [1.82, 2.24) is 20.2 Å². The Kier molecular flexibility index (Phi) is 6.30. The molecular formula is C20H23N5O2S. The van der Waals surface area contributed by atoms with Gasteiger partial charge in [0.1, 0.15) is 11.4 Å². The van der Waals surface area contributed by atoms with E-state index in [2.05, 4.69) is 20.8 Å². The first-order chi connectivity index (χ1) is 13.5. The molecule has 0 fully saturated rings. The molecule has 2 aromatic carbocycles. The first-order valence-electron chi connectivity index (χ1n) is 9.05. The SMILES string of the molecule is CCOc1ccccc1-n1nnnc1SC(C)C(=O)Nc1ccc(C)cc1C. The van der Waals surface area contributed by atoms with Crippen LogP contribution in [0.15, 0.2) is 47.6 Å². The van der Waals surface area contributed by atoms with Crippen LogP contribution in [-0.4, -0.2) is 38.0 Å². The van der Waals surface area contributed by atoms with E-state index in [1.165, 1.54) is 11.8 Å². The second-order valence-corrected chi connectivity index (χ2v) is 7.65. The first-order valence-corrected chi connectivity index (χ1v) is 9.93. The molecule has 1 aromatic heterocycles. The van der Waals surface area contributed by atoms with Crippen LogP contribution in [-0.2, 0) is 4.79 Å². The molecule has 0 aliphatic carbocycles. The smallest absolute Gasteiger partial charge is 0.237 e. The predicted octanol–water partition coefficient (Wildman–Crippen LogP) is 3.80. The van der Waals surface area contributed by atoms with Crippen LogP contribution in [0.1, 0.15) is 25.0 Å². The Morgan fingerprint density at radius 2 is 2.04 bits per heavy atom. The Balaban J connectivity index is 1.76. The fourth-order valence-electron chi connectivity index (χ4n) is 2.71. The Labute approximate surface area is 168 Å². The third-order valence-corrected chi connectivity index (χ3v) is 5.16. The number of nitrogens with zero attached hydrogens (tertiary/aromatic N) is 4. The number of aromatic nitrogens is 4. The highest BCUT2D eigenvalue weighted by molar-refractivity contribution is 8.00. The Morgan fingerprint density at radius 1 is 1.25 bits per heavy atom. The minimum absolute atomic E-state index is 0.107. The third-order valence-electron chi connectivity index (χ3n) is 4.13. The van der Waals surface area contributed by atoms with Crippen LogP contribution < -0.4 is 10.1 Å². The van der Waals surface area contributed by atoms with Crippen molar-refractivity contribution in [1.29, 1.82) is 0 Å². The number of carbonyl (C=O) groups is 1. The van der Waals surface area contributed by atoms with Gasteiger partial charge < -0.3 is 10.1 Å². The van der Waals surface area contributed by atoms with Crippen molar-refractivity contribution < 1.29 is 9.53 Å². The number of aryl methyl sites for hydroxylation is 2. The quantitative estimate of drug-likeness (QED) is 0.611. The summed E-state index contributed by atoms with van der Waals surface area (Å²) >= 11 is 1.29. The number of rotatable bonds is 7. The van der Waals surface area contributed by atoms with Gasteiger partial charge in [-0.2, -0.15) is 4.68 Å². The highest BCUT2D eigenvalue weighted by atomic mass is 32.2. The average Bonchev–Trinajstić information content (AvgIpc) is 3.12. The van der Waals surface area contributed by atoms with Crippen molar-refractivity contribution in [3.8, 4) is 11.4 Å². The topological polar surface area (TPSA) is 81.9 Å². The summed E-state index contributed by atoms with van der Waals surface area (Å²) < 4.78 is 7.26. The molecule has 0 saturated carbocycles. The number of ether oxygens (including phenoxy) is 1. The summed E-state index contributed by atoms with van der Waals surface area (Å²) in [5, 5.41) is 15.0. The number of anilines is 1. The molecule has 0 spiro atoms. The zero-order valence-electron chi connectivity index (χ0n) is 16.3. The van der Waals surface area contributed by atoms with Crippen LogP contribution >= 0.6 is 11.8 Å². The van der Waals surface area contributed by atoms with Crippen LogP contribution in [0, 0.1) is 13.8 Å². The lowest BCUT2D eigenvalue weighted by Gasteiger charge is -2.14. The molecule has 1 N–H and O–H groups in total. The minimum Gasteiger partial charge on any atom is -0.492 e. The van der Waals surface area contributed by atoms with Crippen molar-refractivity contribution in [2.45, 2.75) is 38.1 Å². The van der Waals surface area contributed by atoms with Crippen molar-refractivity contribution in [2.24, 2.45) is 0 Å². The fraction of sp³-hybridized carbons (Fsp3) is 0.300. The van der Waals surface area contributed by atoms with Crippen molar-refractivity contribution in [2.75, 3.05) is 11.9 Å². The van der Waals surface area contributed by atoms with E-state index in [0.717, 1.165) is 22.5 Å². The zero-order chi connectivity index (χ0) is 20.1. The largest absolute Gasteiger partial charge is 0.492 e. The normalized spacial score (nSPS) is 11.9. The van der Waals surface area contributed by atoms with Gasteiger partial charge in [-0.25, -0.2) is 0 Å². The Morgan fingerprint density at radius 3 is 2.79 bits per heavy atom. The lowest BCUT2D eigenvalue weighted by Crippen LogP contribution is -2.23. The van der Waals surface area contributed by atoms with Gasteiger partial charge in [-0.1, -0.05) is 41.6 Å². The average molecular weight is 398 g/mol. The molecule has 8 heteroatoms. The monoisotopic (exact) mass is 397 g/mol. The molecule has 1 heterocycles. The van der Waals surface area contributed by atoms with E-state index in [9.17, 15) is 4.79 Å². The molecular weight excluding hydrogens is 374 g/mol. The number of para-hydroxylation sites is 2. The van der Waals surface area contributed by atoms with Gasteiger partial charge in [0, 0.05) is 5.69 Å². The molecule has 1 amide bonds. The highest BCUT2D eigenvalue weighted by Gasteiger charge is 2.21. The van der Waals surface area contributed by atoms with E-state index in [0.29, 0.717) is 17.5 Å². The summed E-state index contributed by atoms with van der Waals surface area (Å²) in [5.41, 5.74) is 3.73. The van der Waals surface area contributed by atoms with Crippen LogP contribution in [0.3, 0.4) is 0 Å². The molecule has 1 atom stereocenters. The summed E-state index contributed by atoms with van der Waals surface area (Å²) in [5.74, 6) is 0.580. The van der Waals surface area contributed by atoms with E-state index in [1.807, 2.05) is 70.2 Å². The zero-order valence-corrected chi connectivity index (χ0v) is 17.2. The van der Waals surface area contributed by atoms with Gasteiger partial charge in [0.25, 0.3) is 0 Å². The van der Waals surface area contributed by atoms with Crippen molar-refractivity contribution >= 4 is 23.4 Å². The molecule has 0 radical (unpaired) electrons. The van der Waals surface area contributed by atoms with E-state index in [4.69, 9.17) is 4.74 Å². The standard InChI is InChI=1S/C20H23N5O2S/c1-5-27-18-9-7-6-8-17(18)25-20(22-23-24-25)28-15(4)19(26)21-16-11-10-13(2)12-14(16)3/h6-12,15H,5H2,1-4H3,(H,21,26). The maximum atomic E-state index is 12.7. The molecule has 1 unspecified atom stereocenters. The van der Waals surface area contributed by atoms with Crippen LogP contribution in [0.5, 0.6) is 5.75 Å². The molecule has 28 heavy (non-hydrogen) atoms. The third kappa shape index (κ3) is 4.51. The maximum Gasteiger partial charge on any atom is 0.237 e. The van der Waals surface area contributed by atoms with Crippen molar-refractivity contribution in [3.05, 3.63) is 53.6 Å². The van der Waals surface area contributed by atoms with Gasteiger partial charge in [-0.05, 0) is 61.9 Å². The van der Waals surface area contributed by atoms with Crippen LogP contribution in [0.4, 0.5) is 5.69 Å². The molecule has 146 valence electrons. The summed E-state index contributed by atoms with van der Waals surface area (Å²) in [6, 6.07) is 13.5. The summed E-state index contributed by atoms with van der Waals surface area (Å²) in [4.78, 5) is 12.7. The number of tetrazole rings is 1. The predicted molar refractivity (Wildman–Crippen MR) is 110 cm³/mol. The number of hydrogen-bond acceptors (Lipinski definition) is 6. The first kappa shape index (κ1) is 19.9. The number of carbonyl (C=O) groups excluding carboxylic acids is 1. The molecule has 7 nitrogen and oxygen atoms in total. The lowest BCUT2D eigenvalue weighted by atomic mass is 10.1. The molecule has 0 saturated heterocycles. The van der Waals surface area contributed by atoms with Gasteiger partial charge in [0.15, 0.2) is 0 Å². The van der Waals surface area contributed by atoms with Crippen LogP contribution in [0.2, 0.25) is 0 Å². The maximum absolute atomic E-state index is 12.7. The number of benzene rings is 2. The summed E-state index contributed by atoms with van der Waals surface area (Å²) in [6.45, 7) is 8.29. The minimum atomic E-state index is -0.385. The number of amides is 1. The fourth-order valence-corrected chi connectivity index (χ4v) is 3.51. The second kappa shape index (κ2) is 8.88. The van der Waals surface area contributed by atoms with Gasteiger partial charge in [-0.15, -0.1) is 5.10 Å². The molecule has 0 aliphatic heterocycles. The highest BCUT2D eigenvalue weighted by Crippen LogP contribution is 2.28. The van der Waals surface area contributed by atoms with Crippen molar-refractivity contribution in [3.63, 3.8) is 0 Å². The van der Waals surface area contributed by atoms with E-state index < -0.39 is 0 Å². The molecule has 0 bridgehead atoms. The van der Waals surface area contributed by atoms with Crippen LogP contribution in [0.25, 0.3) is 5.69 Å². The molecule has 3 aromatic rings. The van der Waals surface area contributed by atoms with E-state index >= 15 is 0 Å². The Hall–Kier alpha value is -2.87. The van der Waals surface area contributed by atoms with E-state index in [1.54, 1.807) is 4.68 Å². The number of nitrogens with one attached hydrogen (secondary N) is 1. The van der Waals surface area contributed by atoms with Gasteiger partial charge >= 0.3 is 0 Å². The number of thioether (sulfide) groups is 1. The number of hydrogen-bond donors (Lipinski definition) is 1. The Bertz CT molecular complexity index is 973. The van der Waals surface area contributed by atoms with E-state index in [-0.39, 0.29) is 11.2 Å². The molecule has 0 aliphatic rings. The van der Waals surface area contributed by atoms with Gasteiger partial charge in [0.2, 0.25) is 11.1 Å². The molecule has 3 rings (SSSR count). The lowest BCUT2D eigenvalue weighted by molar-refractivity contribution is -0.115. The summed E-state index contributed by atoms with van der Waals surface area (Å²) in [6.07, 6.45) is 0. The van der Waals surface area contributed by atoms with Gasteiger partial charge in [-0.3, -0.25) is 4.79 Å². The van der Waals surface area contributed by atoms with Gasteiger partial charge in [0.05, 0.1) is 11.9 Å². The summed E-state index contributed by atoms with van der Waals surface area (Å²) in [7, 11) is 0. The second-order valence-electron chi connectivity index (χ2n) is 6.34.